The van der Waals surface area contributed by atoms with E-state index < -0.39 is 0 Å². The summed E-state index contributed by atoms with van der Waals surface area (Å²) in [6.45, 7) is 5.68. The molecule has 6 aliphatic carbocycles. The van der Waals surface area contributed by atoms with E-state index in [4.69, 9.17) is 4.74 Å². The Hall–Kier alpha value is -10.1. The minimum atomic E-state index is -0.306. The molecule has 1 unspecified atom stereocenters. The number of aryl methyl sites for hydroxylation is 3. The fourth-order valence-corrected chi connectivity index (χ4v) is 22.9. The molecule has 2 amide bonds. The van der Waals surface area contributed by atoms with Crippen molar-refractivity contribution in [3.05, 3.63) is 265 Å². The third kappa shape index (κ3) is 24.3. The van der Waals surface area contributed by atoms with E-state index in [0.29, 0.717) is 24.6 Å². The number of halogens is 2. The first-order valence-corrected chi connectivity index (χ1v) is 50.0. The normalized spacial score (nSPS) is 18.4. The highest BCUT2D eigenvalue weighted by atomic mass is 79.9. The standard InChI is InChI=1S/C26H29N3O.C26H27N3O.C18H25NO2.C18H23NO2.C15H19Br.C8H8BrN/c2*30-26(28-22-17-20-6-4-5-9-24(20)27-18-22)13-11-19-10-12-25-21(16-19)14-15-29(25)23-7-2-1-3-8-23;2*1-21-18(20)10-8-14-7-9-17-15(13-14)11-12-19(17)16-5-3-2-4-6-16;16-13-7-9-15-12(10-13)6-8-14(15)11-4-2-1-3-5-11;9-7-1-2-8-6(5-7)3-4-10-8/h4-6,9-10,12,16-18,23H,1-3,7-8,11,13-15H2,(H,28,30);4-6,9-13,16-18,23H,1-3,7-8,14-15H2,(H,28,30);7,9,13,16H,2-6,8,10-12H2,1H3;7-10,13,16H,2-6,11-12H2,1H3;7,9-11,14H,1-6,8H2;1-2,5,10H,3-4H2/b;13-11+;;10-8+;;. The molecule has 8 aromatic carbocycles. The van der Waals surface area contributed by atoms with Gasteiger partial charge in [-0.3, -0.25) is 24.4 Å². The number of aromatic nitrogens is 2. The first-order valence-electron chi connectivity index (χ1n) is 48.5. The molecule has 5 aliphatic heterocycles. The molecule has 0 spiro atoms. The second-order valence-corrected chi connectivity index (χ2v) is 39.0. The van der Waals surface area contributed by atoms with E-state index in [-0.39, 0.29) is 23.8 Å². The fraction of sp³-hybridized carbons (Fsp3) is 0.441. The first kappa shape index (κ1) is 91.2. The lowest BCUT2D eigenvalue weighted by Crippen LogP contribution is -2.35. The summed E-state index contributed by atoms with van der Waals surface area (Å²) in [4.78, 5) is 66.5. The summed E-state index contributed by atoms with van der Waals surface area (Å²) < 4.78 is 11.8. The van der Waals surface area contributed by atoms with Gasteiger partial charge >= 0.3 is 11.9 Å². The topological polar surface area (TPSA) is 162 Å². The molecule has 1 atom stereocenters. The van der Waals surface area contributed by atoms with E-state index in [9.17, 15) is 19.2 Å². The van der Waals surface area contributed by atoms with Crippen molar-refractivity contribution < 1.29 is 28.7 Å². The molecule has 5 saturated carbocycles. The molecule has 21 rings (SSSR count). The van der Waals surface area contributed by atoms with Crippen LogP contribution in [0.4, 0.5) is 39.8 Å². The van der Waals surface area contributed by atoms with Crippen LogP contribution in [-0.4, -0.2) is 105 Å². The van der Waals surface area contributed by atoms with Crippen LogP contribution in [0.2, 0.25) is 0 Å². The zero-order chi connectivity index (χ0) is 87.9. The number of hydrogen-bond donors (Lipinski definition) is 3. The Morgan fingerprint density at radius 2 is 0.852 bits per heavy atom. The average Bonchev–Trinajstić information content (AvgIpc) is 1.68. The third-order valence-electron chi connectivity index (χ3n) is 28.8. The molecule has 15 nitrogen and oxygen atoms in total. The molecule has 5 fully saturated rings. The molecular weight excluding hydrogens is 1720 g/mol. The van der Waals surface area contributed by atoms with Gasteiger partial charge in [-0.1, -0.05) is 207 Å². The van der Waals surface area contributed by atoms with Crippen molar-refractivity contribution in [2.75, 3.05) is 82.5 Å². The summed E-state index contributed by atoms with van der Waals surface area (Å²) in [6, 6.07) is 62.7. The summed E-state index contributed by atoms with van der Waals surface area (Å²) in [6.07, 6.45) is 55.7. The van der Waals surface area contributed by atoms with E-state index in [2.05, 4.69) is 191 Å². The summed E-state index contributed by atoms with van der Waals surface area (Å²) >= 11 is 7.02. The molecule has 0 bridgehead atoms. The predicted molar refractivity (Wildman–Crippen MR) is 535 cm³/mol. The van der Waals surface area contributed by atoms with E-state index in [0.717, 1.165) is 140 Å². The van der Waals surface area contributed by atoms with Crippen molar-refractivity contribution in [3.63, 3.8) is 0 Å². The number of nitrogens with zero attached hydrogens (tertiary/aromatic N) is 6. The number of rotatable bonds is 17. The number of amides is 2. The highest BCUT2D eigenvalue weighted by molar-refractivity contribution is 9.10. The van der Waals surface area contributed by atoms with Crippen molar-refractivity contribution in [3.8, 4) is 0 Å². The summed E-state index contributed by atoms with van der Waals surface area (Å²) in [5, 5.41) is 11.3. The quantitative estimate of drug-likeness (QED) is 0.0584. The van der Waals surface area contributed by atoms with Crippen LogP contribution in [0, 0.1) is 5.92 Å². The maximum atomic E-state index is 12.5. The van der Waals surface area contributed by atoms with Gasteiger partial charge in [0.1, 0.15) is 0 Å². The van der Waals surface area contributed by atoms with Crippen LogP contribution in [-0.2, 0) is 80.0 Å². The Kier molecular flexibility index (Phi) is 32.4. The van der Waals surface area contributed by atoms with Gasteiger partial charge in [-0.25, -0.2) is 4.79 Å². The minimum Gasteiger partial charge on any atom is -0.469 e. The number of ether oxygens (including phenoxy) is 2. The number of para-hydroxylation sites is 2. The maximum Gasteiger partial charge on any atom is 0.330 e. The van der Waals surface area contributed by atoms with Crippen LogP contribution in [0.1, 0.15) is 247 Å². The Bertz CT molecular complexity index is 5500. The minimum absolute atomic E-state index is 0.0383. The summed E-state index contributed by atoms with van der Waals surface area (Å²) in [7, 11) is 2.85. The number of hydrogen-bond acceptors (Lipinski definition) is 13. The number of carbonyl (C=O) groups excluding carboxylic acids is 4. The lowest BCUT2D eigenvalue weighted by Gasteiger charge is -2.33. The van der Waals surface area contributed by atoms with Crippen LogP contribution < -0.4 is 35.6 Å². The Morgan fingerprint density at radius 1 is 0.414 bits per heavy atom. The van der Waals surface area contributed by atoms with Gasteiger partial charge in [0, 0.05) is 130 Å². The van der Waals surface area contributed by atoms with Gasteiger partial charge in [-0.2, -0.15) is 0 Å². The molecule has 128 heavy (non-hydrogen) atoms. The second kappa shape index (κ2) is 45.4. The van der Waals surface area contributed by atoms with E-state index >= 15 is 0 Å². The molecule has 2 aromatic heterocycles. The summed E-state index contributed by atoms with van der Waals surface area (Å²) in [5.41, 5.74) is 25.4. The first-order chi connectivity index (χ1) is 62.8. The third-order valence-corrected chi connectivity index (χ3v) is 29.8. The molecule has 11 aliphatic rings. The van der Waals surface area contributed by atoms with Gasteiger partial charge in [-0.15, -0.1) is 0 Å². The lowest BCUT2D eigenvalue weighted by molar-refractivity contribution is -0.140. The van der Waals surface area contributed by atoms with Gasteiger partial charge < -0.3 is 45.0 Å². The van der Waals surface area contributed by atoms with Crippen LogP contribution in [0.3, 0.4) is 0 Å². The van der Waals surface area contributed by atoms with Gasteiger partial charge in [-0.05, 0) is 298 Å². The van der Waals surface area contributed by atoms with E-state index in [1.165, 1.54) is 277 Å². The van der Waals surface area contributed by atoms with Gasteiger partial charge in [0.2, 0.25) is 11.8 Å². The number of pyridine rings is 2. The number of fused-ring (bicyclic) bond motifs is 8. The number of anilines is 7. The second-order valence-electron chi connectivity index (χ2n) is 37.1. The zero-order valence-electron chi connectivity index (χ0n) is 75.5. The molecule has 0 saturated heterocycles. The number of carbonyl (C=O) groups is 4. The van der Waals surface area contributed by atoms with Crippen LogP contribution >= 0.6 is 31.9 Å². The van der Waals surface area contributed by atoms with Crippen LogP contribution in [0.25, 0.3) is 34.0 Å². The number of esters is 2. The Balaban J connectivity index is 0.000000116. The number of nitrogens with one attached hydrogen (secondary N) is 3. The maximum absolute atomic E-state index is 12.5. The summed E-state index contributed by atoms with van der Waals surface area (Å²) in [5.74, 6) is 1.33. The highest BCUT2D eigenvalue weighted by Crippen LogP contribution is 2.46. The highest BCUT2D eigenvalue weighted by Gasteiger charge is 2.34. The smallest absolute Gasteiger partial charge is 0.330 e. The van der Waals surface area contributed by atoms with Crippen molar-refractivity contribution in [2.24, 2.45) is 5.92 Å². The molecule has 0 radical (unpaired) electrons. The van der Waals surface area contributed by atoms with Gasteiger partial charge in [0.25, 0.3) is 0 Å². The molecular formula is C111H131Br2N9O6. The van der Waals surface area contributed by atoms with E-state index in [1.54, 1.807) is 29.6 Å². The number of methoxy groups -OCH3 is 2. The molecule has 10 aromatic rings. The average molecular weight is 1850 g/mol. The molecule has 7 heterocycles. The molecule has 670 valence electrons. The Labute approximate surface area is 776 Å². The molecule has 3 N–H and O–H groups in total. The number of benzene rings is 8. The van der Waals surface area contributed by atoms with Crippen LogP contribution in [0.5, 0.6) is 0 Å². The SMILES string of the molecule is Brc1ccc2c(c1)CCC2C1CCCCC1.Brc1ccc2c(c1)CCN2.COC(=O)/C=C/c1ccc2c(c1)CCN2C1CCCCC1.COC(=O)CCc1ccc2c(c1)CCN2C1CCCCC1.O=C(/C=C/c1ccc2c(c1)CCN2C1CCCCC1)Nc1cnc2ccccc2c1.O=C(CCc1ccc2c(c1)CCN2C1CCCCC1)Nc1cnc2ccccc2c1. The largest absolute Gasteiger partial charge is 0.469 e. The van der Waals surface area contributed by atoms with Crippen molar-refractivity contribution in [1.29, 1.82) is 0 Å². The molecule has 17 heteroatoms. The van der Waals surface area contributed by atoms with E-state index in [1.807, 2.05) is 72.8 Å². The fourth-order valence-electron chi connectivity index (χ4n) is 22.1. The Morgan fingerprint density at radius 3 is 1.34 bits per heavy atom. The van der Waals surface area contributed by atoms with Crippen molar-refractivity contribution in [1.82, 2.24) is 9.97 Å². The predicted octanol–water partition coefficient (Wildman–Crippen LogP) is 25.6. The van der Waals surface area contributed by atoms with Crippen molar-refractivity contribution >= 4 is 129 Å². The van der Waals surface area contributed by atoms with Gasteiger partial charge in [0.05, 0.1) is 49.0 Å². The van der Waals surface area contributed by atoms with Crippen LogP contribution in [0.15, 0.2) is 203 Å². The zero-order valence-corrected chi connectivity index (χ0v) is 78.6. The van der Waals surface area contributed by atoms with Gasteiger partial charge in [0.15, 0.2) is 0 Å². The lowest BCUT2D eigenvalue weighted by atomic mass is 9.77. The monoisotopic (exact) mass is 1840 g/mol. The van der Waals surface area contributed by atoms with Crippen molar-refractivity contribution in [2.45, 2.75) is 261 Å².